The molecule has 3 aromatic carbocycles. The van der Waals surface area contributed by atoms with E-state index in [0.29, 0.717) is 33.5 Å². The molecule has 2 aliphatic heterocycles. The maximum absolute atomic E-state index is 13.8. The lowest BCUT2D eigenvalue weighted by Crippen LogP contribution is -2.37. The molecule has 2 heterocycles. The fourth-order valence-electron chi connectivity index (χ4n) is 4.48. The number of methoxy groups -OCH3 is 2. The zero-order chi connectivity index (χ0) is 24.0. The summed E-state index contributed by atoms with van der Waals surface area (Å²) in [6.07, 6.45) is -1.02. The van der Waals surface area contributed by atoms with Crippen LogP contribution in [0.15, 0.2) is 66.7 Å². The average molecular weight is 499 g/mol. The van der Waals surface area contributed by atoms with Crippen LogP contribution in [0.5, 0.6) is 11.5 Å². The molecule has 2 amide bonds. The van der Waals surface area contributed by atoms with E-state index in [2.05, 4.69) is 0 Å². The van der Waals surface area contributed by atoms with Crippen molar-refractivity contribution in [3.63, 3.8) is 0 Å². The molecule has 0 radical (unpaired) electrons. The van der Waals surface area contributed by atoms with Crippen LogP contribution in [-0.2, 0) is 14.4 Å². The van der Waals surface area contributed by atoms with E-state index in [9.17, 15) is 9.59 Å². The molecule has 5 rings (SSSR count). The largest absolute Gasteiger partial charge is 0.497 e. The molecular weight excluding hydrogens is 479 g/mol. The van der Waals surface area contributed by atoms with E-state index in [1.54, 1.807) is 49.6 Å². The highest BCUT2D eigenvalue weighted by Gasteiger charge is 2.60. The number of rotatable bonds is 5. The van der Waals surface area contributed by atoms with Gasteiger partial charge in [0.25, 0.3) is 5.91 Å². The number of amides is 2. The standard InChI is InChI=1S/C25H20Cl2N2O5/c1-32-16-9-11-20(33-2)17(13-16)22-21-23(34-29(22)14-6-4-3-5-7-14)25(31)28(24(21)30)15-8-10-18(26)19(27)12-15/h3-13,21-23H,1-2H3. The molecule has 0 N–H and O–H groups in total. The highest BCUT2D eigenvalue weighted by atomic mass is 35.5. The molecule has 7 nitrogen and oxygen atoms in total. The summed E-state index contributed by atoms with van der Waals surface area (Å²) in [5.74, 6) is -0.571. The summed E-state index contributed by atoms with van der Waals surface area (Å²) in [7, 11) is 3.11. The molecule has 34 heavy (non-hydrogen) atoms. The molecule has 0 spiro atoms. The van der Waals surface area contributed by atoms with Gasteiger partial charge in [0.05, 0.1) is 35.6 Å². The molecule has 174 valence electrons. The Kier molecular flexibility index (Phi) is 5.85. The Balaban J connectivity index is 1.64. The van der Waals surface area contributed by atoms with Crippen LogP contribution in [0.25, 0.3) is 0 Å². The third kappa shape index (κ3) is 3.57. The first-order valence-electron chi connectivity index (χ1n) is 10.5. The van der Waals surface area contributed by atoms with Gasteiger partial charge in [0, 0.05) is 5.56 Å². The second kappa shape index (κ2) is 8.83. The van der Waals surface area contributed by atoms with Crippen LogP contribution in [0.3, 0.4) is 0 Å². The maximum atomic E-state index is 13.8. The second-order valence-electron chi connectivity index (χ2n) is 7.88. The number of hydrogen-bond donors (Lipinski definition) is 0. The van der Waals surface area contributed by atoms with Crippen molar-refractivity contribution in [1.82, 2.24) is 0 Å². The molecule has 2 aliphatic rings. The molecule has 0 bridgehead atoms. The van der Waals surface area contributed by atoms with E-state index in [1.807, 2.05) is 30.3 Å². The molecule has 0 aliphatic carbocycles. The van der Waals surface area contributed by atoms with Crippen molar-refractivity contribution in [2.45, 2.75) is 12.1 Å². The van der Waals surface area contributed by atoms with Crippen LogP contribution in [0.2, 0.25) is 10.0 Å². The molecule has 3 unspecified atom stereocenters. The normalized spacial score (nSPS) is 21.7. The SMILES string of the molecule is COc1ccc(OC)c(C2C3C(=O)N(c4ccc(Cl)c(Cl)c4)C(=O)C3ON2c2ccccc2)c1. The Labute approximate surface area is 206 Å². The Hall–Kier alpha value is -3.26. The lowest BCUT2D eigenvalue weighted by molar-refractivity contribution is -0.126. The van der Waals surface area contributed by atoms with Gasteiger partial charge in [0.1, 0.15) is 23.5 Å². The minimum atomic E-state index is -1.02. The van der Waals surface area contributed by atoms with E-state index in [1.165, 1.54) is 6.07 Å². The lowest BCUT2D eigenvalue weighted by atomic mass is 9.89. The number of anilines is 2. The quantitative estimate of drug-likeness (QED) is 0.458. The molecule has 2 saturated heterocycles. The number of hydrogen-bond acceptors (Lipinski definition) is 6. The number of carbonyl (C=O) groups excluding carboxylic acids is 2. The van der Waals surface area contributed by atoms with Gasteiger partial charge in [-0.1, -0.05) is 41.4 Å². The summed E-state index contributed by atoms with van der Waals surface area (Å²) < 4.78 is 11.0. The minimum absolute atomic E-state index is 0.245. The zero-order valence-corrected chi connectivity index (χ0v) is 19.8. The topological polar surface area (TPSA) is 68.3 Å². The smallest absolute Gasteiger partial charge is 0.266 e. The highest BCUT2D eigenvalue weighted by Crippen LogP contribution is 2.50. The highest BCUT2D eigenvalue weighted by molar-refractivity contribution is 6.42. The monoisotopic (exact) mass is 498 g/mol. The number of ether oxygens (including phenoxy) is 2. The number of hydroxylamine groups is 1. The third-order valence-corrected chi connectivity index (χ3v) is 6.78. The van der Waals surface area contributed by atoms with Crippen molar-refractivity contribution in [1.29, 1.82) is 0 Å². The molecule has 3 atom stereocenters. The van der Waals surface area contributed by atoms with E-state index in [4.69, 9.17) is 37.5 Å². The van der Waals surface area contributed by atoms with Crippen molar-refractivity contribution in [2.24, 2.45) is 5.92 Å². The van der Waals surface area contributed by atoms with E-state index in [-0.39, 0.29) is 5.02 Å². The molecule has 0 saturated carbocycles. The van der Waals surface area contributed by atoms with Gasteiger partial charge in [-0.2, -0.15) is 0 Å². The van der Waals surface area contributed by atoms with Crippen molar-refractivity contribution in [3.05, 3.63) is 82.3 Å². The van der Waals surface area contributed by atoms with Crippen molar-refractivity contribution >= 4 is 46.4 Å². The fraction of sp³-hybridized carbons (Fsp3) is 0.200. The maximum Gasteiger partial charge on any atom is 0.266 e. The molecule has 3 aromatic rings. The first-order chi connectivity index (χ1) is 16.4. The predicted octanol–water partition coefficient (Wildman–Crippen LogP) is 5.06. The van der Waals surface area contributed by atoms with Gasteiger partial charge in [0.2, 0.25) is 5.91 Å². The summed E-state index contributed by atoms with van der Waals surface area (Å²) in [6, 6.07) is 18.6. The van der Waals surface area contributed by atoms with E-state index < -0.39 is 29.9 Å². The third-order valence-electron chi connectivity index (χ3n) is 6.04. The van der Waals surface area contributed by atoms with Crippen LogP contribution in [0.1, 0.15) is 11.6 Å². The number of carbonyl (C=O) groups is 2. The fourth-order valence-corrected chi connectivity index (χ4v) is 4.77. The summed E-state index contributed by atoms with van der Waals surface area (Å²) in [6.45, 7) is 0. The molecular formula is C25H20Cl2N2O5. The number of para-hydroxylation sites is 1. The first-order valence-corrected chi connectivity index (χ1v) is 11.3. The number of benzene rings is 3. The first kappa shape index (κ1) is 22.5. The number of fused-ring (bicyclic) bond motifs is 1. The molecule has 0 aromatic heterocycles. The summed E-state index contributed by atoms with van der Waals surface area (Å²) in [4.78, 5) is 34.5. The molecule has 2 fully saturated rings. The lowest BCUT2D eigenvalue weighted by Gasteiger charge is -2.29. The summed E-state index contributed by atoms with van der Waals surface area (Å²) in [5, 5.41) is 2.18. The van der Waals surface area contributed by atoms with Crippen molar-refractivity contribution in [3.8, 4) is 11.5 Å². The van der Waals surface area contributed by atoms with Gasteiger partial charge in [-0.25, -0.2) is 9.96 Å². The van der Waals surface area contributed by atoms with Gasteiger partial charge < -0.3 is 9.47 Å². The van der Waals surface area contributed by atoms with Crippen LogP contribution in [0.4, 0.5) is 11.4 Å². The summed E-state index contributed by atoms with van der Waals surface area (Å²) in [5.41, 5.74) is 1.70. The average Bonchev–Trinajstić information content (AvgIpc) is 3.37. The van der Waals surface area contributed by atoms with Gasteiger partial charge in [-0.05, 0) is 48.5 Å². The Morgan fingerprint density at radius 1 is 0.824 bits per heavy atom. The minimum Gasteiger partial charge on any atom is -0.497 e. The Bertz CT molecular complexity index is 1270. The number of nitrogens with zero attached hydrogens (tertiary/aromatic N) is 2. The van der Waals surface area contributed by atoms with Gasteiger partial charge in [0.15, 0.2) is 6.10 Å². The van der Waals surface area contributed by atoms with Gasteiger partial charge >= 0.3 is 0 Å². The van der Waals surface area contributed by atoms with Gasteiger partial charge in [-0.3, -0.25) is 14.4 Å². The van der Waals surface area contributed by atoms with E-state index >= 15 is 0 Å². The van der Waals surface area contributed by atoms with Crippen LogP contribution in [-0.4, -0.2) is 32.1 Å². The predicted molar refractivity (Wildman–Crippen MR) is 129 cm³/mol. The zero-order valence-electron chi connectivity index (χ0n) is 18.3. The van der Waals surface area contributed by atoms with Crippen LogP contribution in [0, 0.1) is 5.92 Å². The second-order valence-corrected chi connectivity index (χ2v) is 8.69. The van der Waals surface area contributed by atoms with Gasteiger partial charge in [-0.15, -0.1) is 0 Å². The van der Waals surface area contributed by atoms with Crippen molar-refractivity contribution < 1.29 is 23.9 Å². The Morgan fingerprint density at radius 2 is 1.59 bits per heavy atom. The summed E-state index contributed by atoms with van der Waals surface area (Å²) >= 11 is 12.2. The van der Waals surface area contributed by atoms with Crippen LogP contribution < -0.4 is 19.4 Å². The molecule has 9 heteroatoms. The Morgan fingerprint density at radius 3 is 2.26 bits per heavy atom. The van der Waals surface area contributed by atoms with Crippen molar-refractivity contribution in [2.75, 3.05) is 24.2 Å². The van der Waals surface area contributed by atoms with Crippen LogP contribution >= 0.6 is 23.2 Å². The number of halogens is 2. The number of imide groups is 1. The van der Waals surface area contributed by atoms with E-state index in [0.717, 1.165) is 4.90 Å².